The van der Waals surface area contributed by atoms with Crippen LogP contribution in [0.4, 0.5) is 5.13 Å². The van der Waals surface area contributed by atoms with Crippen molar-refractivity contribution < 1.29 is 14.7 Å². The van der Waals surface area contributed by atoms with E-state index in [1.807, 2.05) is 29.6 Å². The number of fused-ring (bicyclic) bond motifs is 7. The van der Waals surface area contributed by atoms with Crippen LogP contribution in [0.25, 0.3) is 16.1 Å². The molecule has 54 heavy (non-hydrogen) atoms. The van der Waals surface area contributed by atoms with Gasteiger partial charge in [-0.1, -0.05) is 71.4 Å². The molecular weight excluding hydrogens is 725 g/mol. The summed E-state index contributed by atoms with van der Waals surface area (Å²) in [5.74, 6) is 1.74. The zero-order valence-corrected chi connectivity index (χ0v) is 34.8. The lowest BCUT2D eigenvalue weighted by Crippen LogP contribution is -2.68. The number of Topliss-reactive ketones (excluding diaryl/α,β-unsaturated/α-hetero) is 1. The fourth-order valence-electron chi connectivity index (χ4n) is 13.9. The summed E-state index contributed by atoms with van der Waals surface area (Å²) >= 11 is 5.03. The molecule has 0 saturated heterocycles. The Morgan fingerprint density at radius 2 is 1.59 bits per heavy atom. The molecule has 0 spiro atoms. The second kappa shape index (κ2) is 13.0. The van der Waals surface area contributed by atoms with Gasteiger partial charge in [-0.15, -0.1) is 34.0 Å². The number of ketones is 1. The number of rotatable bonds is 8. The van der Waals surface area contributed by atoms with Gasteiger partial charge >= 0.3 is 5.97 Å². The van der Waals surface area contributed by atoms with Crippen LogP contribution < -0.4 is 4.90 Å². The van der Waals surface area contributed by atoms with Crippen LogP contribution in [0, 0.1) is 45.3 Å². The Morgan fingerprint density at radius 1 is 0.815 bits per heavy atom. The fourth-order valence-corrected chi connectivity index (χ4v) is 16.2. The van der Waals surface area contributed by atoms with Crippen LogP contribution in [0.2, 0.25) is 0 Å². The molecule has 3 heterocycles. The lowest BCUT2D eigenvalue weighted by atomic mass is 9.33. The van der Waals surface area contributed by atoms with Crippen LogP contribution >= 0.6 is 34.0 Å². The van der Waals surface area contributed by atoms with E-state index >= 15 is 0 Å². The molecule has 0 radical (unpaired) electrons. The third-order valence-corrected chi connectivity index (χ3v) is 19.1. The van der Waals surface area contributed by atoms with Crippen molar-refractivity contribution in [1.82, 2.24) is 4.98 Å². The first-order valence-corrected chi connectivity index (χ1v) is 22.8. The van der Waals surface area contributed by atoms with Gasteiger partial charge in [0.05, 0.1) is 27.6 Å². The quantitative estimate of drug-likeness (QED) is 0.180. The van der Waals surface area contributed by atoms with Gasteiger partial charge in [0.15, 0.2) is 10.9 Å². The van der Waals surface area contributed by atoms with Gasteiger partial charge in [-0.25, -0.2) is 9.78 Å². The van der Waals surface area contributed by atoms with Crippen molar-refractivity contribution in [1.29, 1.82) is 0 Å². The number of aromatic nitrogens is 1. The number of allylic oxidation sites excluding steroid dienone is 2. The zero-order valence-electron chi connectivity index (χ0n) is 32.4. The minimum atomic E-state index is -0.870. The van der Waals surface area contributed by atoms with Gasteiger partial charge in [0.1, 0.15) is 0 Å². The minimum Gasteiger partial charge on any atom is -0.478 e. The van der Waals surface area contributed by atoms with E-state index in [1.165, 1.54) is 61.0 Å². The second-order valence-corrected chi connectivity index (χ2v) is 21.4. The minimum absolute atomic E-state index is 0.00469. The topological polar surface area (TPSA) is 70.5 Å². The molecule has 5 aliphatic carbocycles. The molecule has 8 atom stereocenters. The van der Waals surface area contributed by atoms with Crippen LogP contribution in [0.1, 0.15) is 124 Å². The van der Waals surface area contributed by atoms with Crippen molar-refractivity contribution >= 4 is 56.5 Å². The second-order valence-electron chi connectivity index (χ2n) is 18.7. The number of carboxylic acids is 1. The smallest absolute Gasteiger partial charge is 0.335 e. The van der Waals surface area contributed by atoms with E-state index in [1.54, 1.807) is 46.1 Å². The number of hydrogen-bond acceptors (Lipinski definition) is 7. The van der Waals surface area contributed by atoms with Gasteiger partial charge in [-0.05, 0) is 149 Å². The SMILES string of the molecule is CC1(C)C(c2ccc(C(=O)O)cc2)=CC[C@@]2(C)C1CC[C@]1(C)C2CC[C@@H]2C3CCC[C@]3(N(CC(=O)c3cccs3)c3nc(-c4cccs4)cs3)CC[C@]21C. The number of thiophene rings is 2. The number of carbonyl (C=O) groups excluding carboxylic acids is 1. The Kier molecular flexibility index (Phi) is 8.79. The van der Waals surface area contributed by atoms with E-state index in [0.717, 1.165) is 35.0 Å². The molecule has 284 valence electrons. The highest BCUT2D eigenvalue weighted by atomic mass is 32.1. The van der Waals surface area contributed by atoms with Gasteiger partial charge in [-0.3, -0.25) is 4.79 Å². The predicted octanol–water partition coefficient (Wildman–Crippen LogP) is 12.6. The Balaban J connectivity index is 1.04. The van der Waals surface area contributed by atoms with Crippen molar-refractivity contribution in [3.8, 4) is 10.6 Å². The number of benzene rings is 1. The normalized spacial score (nSPS) is 35.2. The first-order valence-electron chi connectivity index (χ1n) is 20.2. The molecule has 0 bridgehead atoms. The van der Waals surface area contributed by atoms with E-state index in [0.29, 0.717) is 35.8 Å². The Hall–Kier alpha value is -3.07. The molecule has 4 saturated carbocycles. The maximum Gasteiger partial charge on any atom is 0.335 e. The van der Waals surface area contributed by atoms with Gasteiger partial charge in [0.2, 0.25) is 0 Å². The van der Waals surface area contributed by atoms with E-state index in [4.69, 9.17) is 4.98 Å². The van der Waals surface area contributed by atoms with E-state index in [2.05, 4.69) is 68.5 Å². The fraction of sp³-hybridized carbons (Fsp3) is 0.543. The Morgan fingerprint density at radius 3 is 2.31 bits per heavy atom. The highest BCUT2D eigenvalue weighted by Crippen LogP contribution is 2.76. The third-order valence-electron chi connectivity index (χ3n) is 16.5. The standard InChI is InChI=1S/C46H54N2O3S3/c1-42(2)31(29-12-14-30(15-13-29)40(50)51)18-21-43(3)38(42)19-22-45(5)39(43)17-16-32-33-9-6-20-46(33,24-23-44(32,45)4)48(27-35(49)37-11-8-26-53-37)41-47-34(28-54-41)36-10-7-25-52-36/h7-8,10-15,18,25-26,28,32-33,38-39H,6,9,16-17,19-24,27H2,1-5H3,(H,50,51)/t32-,33?,38?,39?,43+,44-,45-,46+/m1/s1. The number of carboxylic acid groups (broad SMARTS) is 1. The highest BCUT2D eigenvalue weighted by Gasteiger charge is 2.70. The molecule has 1 N–H and O–H groups in total. The van der Waals surface area contributed by atoms with Crippen LogP contribution in [-0.4, -0.2) is 33.9 Å². The van der Waals surface area contributed by atoms with E-state index in [9.17, 15) is 14.7 Å². The average molecular weight is 779 g/mol. The van der Waals surface area contributed by atoms with Crippen LogP contribution in [0.5, 0.6) is 0 Å². The summed E-state index contributed by atoms with van der Waals surface area (Å²) in [7, 11) is 0. The summed E-state index contributed by atoms with van der Waals surface area (Å²) in [5.41, 5.74) is 4.57. The lowest BCUT2D eigenvalue weighted by molar-refractivity contribution is -0.215. The lowest BCUT2D eigenvalue weighted by Gasteiger charge is -2.72. The number of carbonyl (C=O) groups is 2. The molecule has 1 aromatic carbocycles. The summed E-state index contributed by atoms with van der Waals surface area (Å²) in [6, 6.07) is 15.8. The maximum atomic E-state index is 14.0. The molecule has 4 aromatic rings. The molecule has 5 aliphatic rings. The number of anilines is 1. The highest BCUT2D eigenvalue weighted by molar-refractivity contribution is 7.16. The first kappa shape index (κ1) is 36.6. The first-order chi connectivity index (χ1) is 25.8. The van der Waals surface area contributed by atoms with Crippen molar-refractivity contribution in [2.75, 3.05) is 11.4 Å². The van der Waals surface area contributed by atoms with Gasteiger partial charge < -0.3 is 10.0 Å². The number of nitrogens with zero attached hydrogens (tertiary/aromatic N) is 2. The molecule has 0 aliphatic heterocycles. The van der Waals surface area contributed by atoms with Crippen LogP contribution in [0.3, 0.4) is 0 Å². The van der Waals surface area contributed by atoms with Gasteiger partial charge in [0.25, 0.3) is 0 Å². The van der Waals surface area contributed by atoms with E-state index < -0.39 is 5.97 Å². The Labute approximate surface area is 332 Å². The molecule has 9 rings (SSSR count). The van der Waals surface area contributed by atoms with Crippen LogP contribution in [0.15, 0.2) is 70.7 Å². The summed E-state index contributed by atoms with van der Waals surface area (Å²) in [6.45, 7) is 13.4. The van der Waals surface area contributed by atoms with Gasteiger partial charge in [0, 0.05) is 10.9 Å². The summed E-state index contributed by atoms with van der Waals surface area (Å²) < 4.78 is 0. The summed E-state index contributed by atoms with van der Waals surface area (Å²) in [5, 5.41) is 16.9. The monoisotopic (exact) mass is 778 g/mol. The third kappa shape index (κ3) is 5.28. The van der Waals surface area contributed by atoms with E-state index in [-0.39, 0.29) is 33.0 Å². The summed E-state index contributed by atoms with van der Waals surface area (Å²) in [4.78, 5) is 35.5. The number of hydrogen-bond donors (Lipinski definition) is 1. The molecular formula is C46H54N2O3S3. The predicted molar refractivity (Wildman–Crippen MR) is 224 cm³/mol. The molecule has 4 fully saturated rings. The summed E-state index contributed by atoms with van der Waals surface area (Å²) in [6.07, 6.45) is 14.6. The van der Waals surface area contributed by atoms with Gasteiger partial charge in [-0.2, -0.15) is 0 Å². The largest absolute Gasteiger partial charge is 0.478 e. The molecule has 3 aromatic heterocycles. The number of thiazole rings is 1. The molecule has 0 amide bonds. The number of aromatic carboxylic acids is 1. The Bertz CT molecular complexity index is 2080. The van der Waals surface area contributed by atoms with Crippen LogP contribution in [-0.2, 0) is 0 Å². The average Bonchev–Trinajstić information content (AvgIpc) is 3.98. The van der Waals surface area contributed by atoms with Crippen molar-refractivity contribution in [3.63, 3.8) is 0 Å². The molecule has 8 heteroatoms. The van der Waals surface area contributed by atoms with Crippen molar-refractivity contribution in [2.45, 2.75) is 104 Å². The maximum absolute atomic E-state index is 14.0. The van der Waals surface area contributed by atoms with Crippen molar-refractivity contribution in [3.05, 3.63) is 86.8 Å². The molecule has 5 nitrogen and oxygen atoms in total. The molecule has 3 unspecified atom stereocenters. The van der Waals surface area contributed by atoms with Crippen molar-refractivity contribution in [2.24, 2.45) is 45.3 Å². The zero-order chi connectivity index (χ0) is 37.7.